The summed E-state index contributed by atoms with van der Waals surface area (Å²) in [4.78, 5) is 4.09. The van der Waals surface area contributed by atoms with Crippen molar-refractivity contribution in [3.8, 4) is 0 Å². The molecule has 0 saturated carbocycles. The van der Waals surface area contributed by atoms with E-state index < -0.39 is 16.1 Å². The summed E-state index contributed by atoms with van der Waals surface area (Å²) in [6.45, 7) is 1.98. The van der Waals surface area contributed by atoms with Gasteiger partial charge in [0, 0.05) is 31.9 Å². The molecule has 1 aromatic rings. The Labute approximate surface area is 109 Å². The highest BCUT2D eigenvalue weighted by Crippen LogP contribution is 2.05. The Morgan fingerprint density at radius 1 is 1.44 bits per heavy atom. The number of hydrogen-bond acceptors (Lipinski definition) is 4. The van der Waals surface area contributed by atoms with Crippen LogP contribution in [0.3, 0.4) is 0 Å². The lowest BCUT2D eigenvalue weighted by Crippen LogP contribution is -2.32. The number of sulfonamides is 1. The van der Waals surface area contributed by atoms with Gasteiger partial charge >= 0.3 is 0 Å². The third-order valence-electron chi connectivity index (χ3n) is 2.68. The predicted octanol–water partition coefficient (Wildman–Crippen LogP) is 0.657. The molecule has 1 unspecified atom stereocenters. The Hall–Kier alpha value is -0.980. The Morgan fingerprint density at radius 3 is 2.72 bits per heavy atom. The molecule has 0 aliphatic rings. The fourth-order valence-electron chi connectivity index (χ4n) is 1.44. The minimum Gasteiger partial charge on any atom is -0.393 e. The fourth-order valence-corrected chi connectivity index (χ4v) is 2.61. The van der Waals surface area contributed by atoms with Crippen LogP contribution in [0, 0.1) is 0 Å². The Bertz CT molecular complexity index is 446. The summed E-state index contributed by atoms with van der Waals surface area (Å²) in [5.41, 5.74) is 0.769. The van der Waals surface area contributed by atoms with Crippen LogP contribution in [-0.4, -0.2) is 48.3 Å². The van der Waals surface area contributed by atoms with Crippen molar-refractivity contribution in [2.75, 3.05) is 19.3 Å². The molecule has 1 aromatic heterocycles. The number of aliphatic hydroxyl groups is 1. The SMILES string of the molecule is CC(O)CCN(C)S(=O)(=O)CCc1ccccn1. The second-order valence-corrected chi connectivity index (χ2v) is 6.54. The van der Waals surface area contributed by atoms with Gasteiger partial charge in [0.15, 0.2) is 0 Å². The summed E-state index contributed by atoms with van der Waals surface area (Å²) in [7, 11) is -1.73. The van der Waals surface area contributed by atoms with Crippen molar-refractivity contribution < 1.29 is 13.5 Å². The highest BCUT2D eigenvalue weighted by Gasteiger charge is 2.18. The first kappa shape index (κ1) is 15.1. The van der Waals surface area contributed by atoms with Crippen molar-refractivity contribution in [1.82, 2.24) is 9.29 Å². The molecule has 0 aliphatic heterocycles. The lowest BCUT2D eigenvalue weighted by molar-refractivity contribution is 0.177. The maximum Gasteiger partial charge on any atom is 0.214 e. The molecule has 0 aliphatic carbocycles. The van der Waals surface area contributed by atoms with Gasteiger partial charge in [-0.15, -0.1) is 0 Å². The number of pyridine rings is 1. The Balaban J connectivity index is 2.49. The molecule has 1 N–H and O–H groups in total. The molecule has 0 bridgehead atoms. The lowest BCUT2D eigenvalue weighted by Gasteiger charge is -2.17. The maximum absolute atomic E-state index is 11.9. The zero-order chi connectivity index (χ0) is 13.6. The van der Waals surface area contributed by atoms with Crippen molar-refractivity contribution >= 4 is 10.0 Å². The smallest absolute Gasteiger partial charge is 0.214 e. The first-order valence-electron chi connectivity index (χ1n) is 5.94. The number of aryl methyl sites for hydroxylation is 1. The first-order valence-corrected chi connectivity index (χ1v) is 7.55. The minimum atomic E-state index is -3.27. The summed E-state index contributed by atoms with van der Waals surface area (Å²) in [6.07, 6.45) is 2.01. The third-order valence-corrected chi connectivity index (χ3v) is 4.53. The van der Waals surface area contributed by atoms with E-state index in [4.69, 9.17) is 5.11 Å². The van der Waals surface area contributed by atoms with E-state index in [0.29, 0.717) is 19.4 Å². The zero-order valence-electron chi connectivity index (χ0n) is 10.8. The van der Waals surface area contributed by atoms with Crippen LogP contribution < -0.4 is 0 Å². The summed E-state index contributed by atoms with van der Waals surface area (Å²) in [6, 6.07) is 5.45. The molecule has 1 atom stereocenters. The van der Waals surface area contributed by atoms with Crippen LogP contribution in [0.2, 0.25) is 0 Å². The Morgan fingerprint density at radius 2 is 2.17 bits per heavy atom. The van der Waals surface area contributed by atoms with E-state index in [1.54, 1.807) is 19.2 Å². The van der Waals surface area contributed by atoms with Gasteiger partial charge in [0.1, 0.15) is 0 Å². The maximum atomic E-state index is 11.9. The monoisotopic (exact) mass is 272 g/mol. The van der Waals surface area contributed by atoms with E-state index in [1.807, 2.05) is 12.1 Å². The van der Waals surface area contributed by atoms with Crippen molar-refractivity contribution in [1.29, 1.82) is 0 Å². The van der Waals surface area contributed by atoms with Gasteiger partial charge in [0.05, 0.1) is 11.9 Å². The van der Waals surface area contributed by atoms with E-state index in [-0.39, 0.29) is 5.75 Å². The van der Waals surface area contributed by atoms with Crippen LogP contribution >= 0.6 is 0 Å². The zero-order valence-corrected chi connectivity index (χ0v) is 11.6. The van der Waals surface area contributed by atoms with Gasteiger partial charge in [-0.05, 0) is 25.5 Å². The molecule has 0 aromatic carbocycles. The molecule has 18 heavy (non-hydrogen) atoms. The van der Waals surface area contributed by atoms with Crippen molar-refractivity contribution in [2.45, 2.75) is 25.9 Å². The van der Waals surface area contributed by atoms with E-state index in [9.17, 15) is 8.42 Å². The van der Waals surface area contributed by atoms with Crippen LogP contribution in [0.15, 0.2) is 24.4 Å². The fraction of sp³-hybridized carbons (Fsp3) is 0.583. The summed E-state index contributed by atoms with van der Waals surface area (Å²) in [5, 5.41) is 9.14. The molecule has 0 spiro atoms. The van der Waals surface area contributed by atoms with Crippen LogP contribution in [0.5, 0.6) is 0 Å². The molecule has 102 valence electrons. The first-order chi connectivity index (χ1) is 8.42. The van der Waals surface area contributed by atoms with E-state index in [1.165, 1.54) is 11.4 Å². The molecular formula is C12H20N2O3S. The van der Waals surface area contributed by atoms with Crippen LogP contribution in [0.25, 0.3) is 0 Å². The summed E-state index contributed by atoms with van der Waals surface area (Å²) < 4.78 is 25.2. The molecule has 1 rings (SSSR count). The van der Waals surface area contributed by atoms with E-state index in [0.717, 1.165) is 5.69 Å². The van der Waals surface area contributed by atoms with Gasteiger partial charge in [-0.2, -0.15) is 0 Å². The second-order valence-electron chi connectivity index (χ2n) is 4.35. The summed E-state index contributed by atoms with van der Waals surface area (Å²) in [5.74, 6) is 0.0420. The molecule has 1 heterocycles. The number of aliphatic hydroxyl groups excluding tert-OH is 1. The topological polar surface area (TPSA) is 70.5 Å². The number of hydrogen-bond donors (Lipinski definition) is 1. The van der Waals surface area contributed by atoms with Gasteiger partial charge in [-0.25, -0.2) is 12.7 Å². The van der Waals surface area contributed by atoms with E-state index >= 15 is 0 Å². The van der Waals surface area contributed by atoms with Gasteiger partial charge in [0.25, 0.3) is 0 Å². The van der Waals surface area contributed by atoms with Crippen molar-refractivity contribution in [2.24, 2.45) is 0 Å². The number of rotatable bonds is 7. The van der Waals surface area contributed by atoms with Crippen LogP contribution in [-0.2, 0) is 16.4 Å². The third kappa shape index (κ3) is 5.12. The highest BCUT2D eigenvalue weighted by atomic mass is 32.2. The minimum absolute atomic E-state index is 0.0420. The van der Waals surface area contributed by atoms with Crippen LogP contribution in [0.4, 0.5) is 0 Å². The molecule has 0 fully saturated rings. The van der Waals surface area contributed by atoms with Gasteiger partial charge in [0.2, 0.25) is 10.0 Å². The largest absolute Gasteiger partial charge is 0.393 e. The van der Waals surface area contributed by atoms with Gasteiger partial charge in [-0.1, -0.05) is 6.07 Å². The summed E-state index contributed by atoms with van der Waals surface area (Å²) >= 11 is 0. The second kappa shape index (κ2) is 6.82. The standard InChI is InChI=1S/C12H20N2O3S/c1-11(15)6-9-14(2)18(16,17)10-7-12-5-3-4-8-13-12/h3-5,8,11,15H,6-7,9-10H2,1-2H3. The highest BCUT2D eigenvalue weighted by molar-refractivity contribution is 7.89. The molecule has 6 heteroatoms. The molecule has 0 amide bonds. The van der Waals surface area contributed by atoms with Gasteiger partial charge in [-0.3, -0.25) is 4.98 Å². The van der Waals surface area contributed by atoms with E-state index in [2.05, 4.69) is 4.98 Å². The number of nitrogens with zero attached hydrogens (tertiary/aromatic N) is 2. The average Bonchev–Trinajstić information content (AvgIpc) is 2.34. The number of aromatic nitrogens is 1. The average molecular weight is 272 g/mol. The molecule has 0 radical (unpaired) electrons. The molecule has 5 nitrogen and oxygen atoms in total. The Kier molecular flexibility index (Phi) is 5.71. The van der Waals surface area contributed by atoms with Crippen molar-refractivity contribution in [3.05, 3.63) is 30.1 Å². The quantitative estimate of drug-likeness (QED) is 0.791. The normalized spacial score (nSPS) is 13.8. The van der Waals surface area contributed by atoms with Crippen molar-refractivity contribution in [3.63, 3.8) is 0 Å². The van der Waals surface area contributed by atoms with Gasteiger partial charge < -0.3 is 5.11 Å². The lowest BCUT2D eigenvalue weighted by atomic mass is 10.3. The van der Waals surface area contributed by atoms with Crippen LogP contribution in [0.1, 0.15) is 19.0 Å². The molecular weight excluding hydrogens is 252 g/mol. The predicted molar refractivity (Wildman–Crippen MR) is 70.7 cm³/mol. The molecule has 0 saturated heterocycles.